The van der Waals surface area contributed by atoms with Gasteiger partial charge >= 0.3 is 0 Å². The second-order valence-corrected chi connectivity index (χ2v) is 9.90. The van der Waals surface area contributed by atoms with Crippen LogP contribution in [0.4, 0.5) is 0 Å². The third-order valence-electron chi connectivity index (χ3n) is 7.48. The first-order valence-corrected chi connectivity index (χ1v) is 13.0. The summed E-state index contributed by atoms with van der Waals surface area (Å²) in [6.07, 6.45) is 2.06. The van der Waals surface area contributed by atoms with Crippen molar-refractivity contribution in [2.24, 2.45) is 0 Å². The fourth-order valence-electron chi connectivity index (χ4n) is 5.33. The van der Waals surface area contributed by atoms with Crippen LogP contribution in [-0.2, 0) is 21.5 Å². The summed E-state index contributed by atoms with van der Waals surface area (Å²) >= 11 is 0. The number of nitriles is 1. The lowest BCUT2D eigenvalue weighted by Gasteiger charge is -2.38. The van der Waals surface area contributed by atoms with Gasteiger partial charge in [0, 0.05) is 24.1 Å². The maximum Gasteiger partial charge on any atom is 0.254 e. The molecule has 6 nitrogen and oxygen atoms in total. The summed E-state index contributed by atoms with van der Waals surface area (Å²) in [6, 6.07) is 26.3. The van der Waals surface area contributed by atoms with Gasteiger partial charge < -0.3 is 19.7 Å². The summed E-state index contributed by atoms with van der Waals surface area (Å²) < 4.78 is 11.8. The van der Waals surface area contributed by atoms with Gasteiger partial charge in [-0.2, -0.15) is 5.26 Å². The molecule has 1 N–H and O–H groups in total. The van der Waals surface area contributed by atoms with Gasteiger partial charge in [0.25, 0.3) is 5.91 Å². The number of amides is 1. The normalized spacial score (nSPS) is 17.2. The fourth-order valence-corrected chi connectivity index (χ4v) is 5.33. The van der Waals surface area contributed by atoms with Crippen molar-refractivity contribution in [1.82, 2.24) is 10.2 Å². The first-order chi connectivity index (χ1) is 18.2. The van der Waals surface area contributed by atoms with E-state index in [0.29, 0.717) is 50.6 Å². The average Bonchev–Trinajstić information content (AvgIpc) is 2.98. The Kier molecular flexibility index (Phi) is 7.96. The number of nitrogens with zero attached hydrogens (tertiary/aromatic N) is 2. The minimum Gasteiger partial charge on any atom is -0.378 e. The Bertz CT molecular complexity index is 1240. The molecule has 5 rings (SSSR count). The second kappa shape index (κ2) is 11.7. The Morgan fingerprint density at radius 1 is 0.973 bits per heavy atom. The summed E-state index contributed by atoms with van der Waals surface area (Å²) in [4.78, 5) is 15.2. The van der Waals surface area contributed by atoms with E-state index in [9.17, 15) is 10.1 Å². The van der Waals surface area contributed by atoms with Crippen molar-refractivity contribution in [1.29, 1.82) is 5.26 Å². The van der Waals surface area contributed by atoms with Crippen LogP contribution in [0.15, 0.2) is 72.8 Å². The van der Waals surface area contributed by atoms with Crippen molar-refractivity contribution < 1.29 is 14.3 Å². The molecule has 1 amide bonds. The summed E-state index contributed by atoms with van der Waals surface area (Å²) in [6.45, 7) is 5.33. The van der Waals surface area contributed by atoms with Gasteiger partial charge in [-0.25, -0.2) is 0 Å². The van der Waals surface area contributed by atoms with Crippen LogP contribution in [0.25, 0.3) is 11.1 Å². The van der Waals surface area contributed by atoms with Crippen molar-refractivity contribution in [3.05, 3.63) is 95.1 Å². The number of nitrogens with one attached hydrogen (secondary N) is 1. The first kappa shape index (κ1) is 25.2. The standard InChI is InChI=1S/C31H33N3O3/c32-21-24-6-8-26(9-7-24)27-18-25(19-28(20-27)30(35)34-14-16-36-17-15-34)22-37-23-31(10-12-33-13-11-31)29-4-2-1-3-5-29/h1-9,18-20,33H,10-17,22-23H2. The highest BCUT2D eigenvalue weighted by Gasteiger charge is 2.34. The van der Waals surface area contributed by atoms with Gasteiger partial charge in [0.05, 0.1) is 38.1 Å². The Morgan fingerprint density at radius 2 is 1.70 bits per heavy atom. The molecular formula is C31H33N3O3. The number of carbonyl (C=O) groups excluding carboxylic acids is 1. The Hall–Kier alpha value is -3.50. The molecule has 6 heteroatoms. The van der Waals surface area contributed by atoms with Crippen LogP contribution in [0.1, 0.15) is 39.9 Å². The van der Waals surface area contributed by atoms with Crippen molar-refractivity contribution in [2.75, 3.05) is 46.0 Å². The van der Waals surface area contributed by atoms with Gasteiger partial charge in [0.2, 0.25) is 0 Å². The van der Waals surface area contributed by atoms with Crippen LogP contribution >= 0.6 is 0 Å². The highest BCUT2D eigenvalue weighted by molar-refractivity contribution is 5.96. The molecule has 2 aliphatic rings. The summed E-state index contributed by atoms with van der Waals surface area (Å²) in [5.74, 6) is 0.0131. The molecule has 3 aromatic rings. The van der Waals surface area contributed by atoms with Gasteiger partial charge in [-0.1, -0.05) is 42.5 Å². The maximum absolute atomic E-state index is 13.4. The number of morpholine rings is 1. The molecular weight excluding hydrogens is 462 g/mol. The zero-order valence-corrected chi connectivity index (χ0v) is 21.1. The molecule has 0 spiro atoms. The SMILES string of the molecule is N#Cc1ccc(-c2cc(COCC3(c4ccccc4)CCNCC3)cc(C(=O)N3CCOCC3)c2)cc1. The number of hydrogen-bond acceptors (Lipinski definition) is 5. The maximum atomic E-state index is 13.4. The van der Waals surface area contributed by atoms with E-state index in [1.165, 1.54) is 5.56 Å². The first-order valence-electron chi connectivity index (χ1n) is 13.0. The molecule has 2 saturated heterocycles. The van der Waals surface area contributed by atoms with E-state index < -0.39 is 0 Å². The number of benzene rings is 3. The van der Waals surface area contributed by atoms with Crippen LogP contribution in [0.2, 0.25) is 0 Å². The third-order valence-corrected chi connectivity index (χ3v) is 7.48. The molecule has 0 aromatic heterocycles. The van der Waals surface area contributed by atoms with E-state index in [2.05, 4.69) is 47.8 Å². The van der Waals surface area contributed by atoms with Crippen molar-refractivity contribution in [3.8, 4) is 17.2 Å². The lowest BCUT2D eigenvalue weighted by Crippen LogP contribution is -2.43. The Morgan fingerprint density at radius 3 is 2.41 bits per heavy atom. The number of ether oxygens (including phenoxy) is 2. The molecule has 37 heavy (non-hydrogen) atoms. The van der Waals surface area contributed by atoms with E-state index in [4.69, 9.17) is 9.47 Å². The number of piperidine rings is 1. The molecule has 2 aliphatic heterocycles. The lowest BCUT2D eigenvalue weighted by atomic mass is 9.74. The highest BCUT2D eigenvalue weighted by Crippen LogP contribution is 2.34. The number of hydrogen-bond donors (Lipinski definition) is 1. The molecule has 0 unspecified atom stereocenters. The van der Waals surface area contributed by atoms with Gasteiger partial charge in [-0.05, 0) is 78.5 Å². The predicted octanol–water partition coefficient (Wildman–Crippen LogP) is 4.54. The molecule has 0 saturated carbocycles. The molecule has 2 fully saturated rings. The topological polar surface area (TPSA) is 74.6 Å². The van der Waals surface area contributed by atoms with E-state index in [0.717, 1.165) is 42.6 Å². The van der Waals surface area contributed by atoms with Crippen LogP contribution in [-0.4, -0.2) is 56.8 Å². The molecule has 2 heterocycles. The smallest absolute Gasteiger partial charge is 0.254 e. The van der Waals surface area contributed by atoms with Crippen LogP contribution in [0.3, 0.4) is 0 Å². The van der Waals surface area contributed by atoms with E-state index in [-0.39, 0.29) is 11.3 Å². The second-order valence-electron chi connectivity index (χ2n) is 9.90. The molecule has 3 aromatic carbocycles. The summed E-state index contributed by atoms with van der Waals surface area (Å²) in [7, 11) is 0. The quantitative estimate of drug-likeness (QED) is 0.521. The minimum absolute atomic E-state index is 0.0102. The third kappa shape index (κ3) is 5.91. The van der Waals surface area contributed by atoms with Crippen LogP contribution in [0, 0.1) is 11.3 Å². The number of rotatable bonds is 7. The Balaban J connectivity index is 1.39. The fraction of sp³-hybridized carbons (Fsp3) is 0.355. The van der Waals surface area contributed by atoms with Crippen molar-refractivity contribution in [2.45, 2.75) is 24.9 Å². The minimum atomic E-state index is -0.0102. The van der Waals surface area contributed by atoms with Crippen LogP contribution in [0.5, 0.6) is 0 Å². The van der Waals surface area contributed by atoms with Gasteiger partial charge in [-0.15, -0.1) is 0 Å². The molecule has 190 valence electrons. The van der Waals surface area contributed by atoms with Crippen molar-refractivity contribution >= 4 is 5.91 Å². The molecule has 0 radical (unpaired) electrons. The summed E-state index contributed by atoms with van der Waals surface area (Å²) in [5, 5.41) is 12.7. The van der Waals surface area contributed by atoms with Gasteiger partial charge in [-0.3, -0.25) is 4.79 Å². The number of carbonyl (C=O) groups is 1. The van der Waals surface area contributed by atoms with E-state index in [1.807, 2.05) is 41.3 Å². The zero-order valence-electron chi connectivity index (χ0n) is 21.1. The van der Waals surface area contributed by atoms with E-state index >= 15 is 0 Å². The molecule has 0 atom stereocenters. The lowest BCUT2D eigenvalue weighted by molar-refractivity contribution is 0.0302. The average molecular weight is 496 g/mol. The van der Waals surface area contributed by atoms with Gasteiger partial charge in [0.15, 0.2) is 0 Å². The summed E-state index contributed by atoms with van der Waals surface area (Å²) in [5.41, 5.74) is 5.46. The van der Waals surface area contributed by atoms with Gasteiger partial charge in [0.1, 0.15) is 0 Å². The van der Waals surface area contributed by atoms with Crippen LogP contribution < -0.4 is 5.32 Å². The largest absolute Gasteiger partial charge is 0.378 e. The van der Waals surface area contributed by atoms with E-state index in [1.54, 1.807) is 0 Å². The monoisotopic (exact) mass is 495 g/mol. The zero-order chi connectivity index (χ0) is 25.5. The predicted molar refractivity (Wildman–Crippen MR) is 143 cm³/mol. The Labute approximate surface area is 218 Å². The molecule has 0 aliphatic carbocycles. The molecule has 0 bridgehead atoms. The highest BCUT2D eigenvalue weighted by atomic mass is 16.5. The van der Waals surface area contributed by atoms with Crippen molar-refractivity contribution in [3.63, 3.8) is 0 Å².